The molecule has 0 amide bonds. The van der Waals surface area contributed by atoms with E-state index in [1.54, 1.807) is 0 Å². The third-order valence-electron chi connectivity index (χ3n) is 6.69. The summed E-state index contributed by atoms with van der Waals surface area (Å²) < 4.78 is 0. The predicted octanol–water partition coefficient (Wildman–Crippen LogP) is 7.95. The van der Waals surface area contributed by atoms with Gasteiger partial charge in [-0.05, 0) is 43.0 Å². The van der Waals surface area contributed by atoms with Gasteiger partial charge in [-0.15, -0.1) is 0 Å². The van der Waals surface area contributed by atoms with Crippen molar-refractivity contribution in [2.75, 3.05) is 0 Å². The van der Waals surface area contributed by atoms with Crippen LogP contribution in [0.15, 0.2) is 144 Å². The van der Waals surface area contributed by atoms with Crippen molar-refractivity contribution >= 4 is 30.6 Å². The molecule has 6 rings (SSSR count). The average Bonchev–Trinajstić information content (AvgIpc) is 2.86. The second-order valence-corrected chi connectivity index (χ2v) is 12.4. The van der Waals surface area contributed by atoms with Crippen LogP contribution in [0, 0.1) is 0 Å². The number of hydrogen-bond acceptors (Lipinski definition) is 0. The fraction of sp³-hybridized carbons (Fsp3) is 0. The van der Waals surface area contributed by atoms with Crippen LogP contribution in [0.1, 0.15) is 22.3 Å². The monoisotopic (exact) mass is 436 g/mol. The maximum Gasteiger partial charge on any atom is 0.180 e. The molecule has 1 heteroatoms. The smallest absolute Gasteiger partial charge is 0.0622 e. The summed E-state index contributed by atoms with van der Waals surface area (Å²) in [5, 5.41) is 5.98. The van der Waals surface area contributed by atoms with E-state index in [1.807, 2.05) is 0 Å². The van der Waals surface area contributed by atoms with E-state index in [0.717, 1.165) is 0 Å². The molecule has 2 heterocycles. The van der Waals surface area contributed by atoms with Gasteiger partial charge < -0.3 is 0 Å². The molecule has 0 unspecified atom stereocenters. The zero-order valence-electron chi connectivity index (χ0n) is 18.4. The molecule has 0 aliphatic carbocycles. The van der Waals surface area contributed by atoms with Crippen LogP contribution in [0.3, 0.4) is 0 Å². The van der Waals surface area contributed by atoms with Crippen molar-refractivity contribution in [1.82, 2.24) is 0 Å². The molecule has 4 aromatic carbocycles. The minimum Gasteiger partial charge on any atom is -0.0622 e. The number of benzene rings is 4. The van der Waals surface area contributed by atoms with Crippen LogP contribution in [0.25, 0.3) is 22.5 Å². The highest BCUT2D eigenvalue weighted by atomic mass is 28.3. The molecule has 0 saturated heterocycles. The van der Waals surface area contributed by atoms with Gasteiger partial charge in [0, 0.05) is 0 Å². The molecular formula is C32H24Si. The molecule has 2 aliphatic rings. The van der Waals surface area contributed by atoms with Crippen LogP contribution < -0.4 is 0 Å². The van der Waals surface area contributed by atoms with Gasteiger partial charge in [-0.2, -0.15) is 0 Å². The highest BCUT2D eigenvalue weighted by Crippen LogP contribution is 2.59. The molecule has 2 aliphatic heterocycles. The molecule has 0 N–H and O–H groups in total. The van der Waals surface area contributed by atoms with Crippen LogP contribution >= 0.6 is 0 Å². The maximum atomic E-state index is 2.43. The summed E-state index contributed by atoms with van der Waals surface area (Å²) in [6.07, 6.45) is 9.69. The molecule has 0 saturated carbocycles. The Morgan fingerprint density at radius 1 is 0.394 bits per heavy atom. The SMILES string of the molecule is C(=C1C=C(c2ccccc2)[Si]12C(=Cc1ccccc1)C=C2c1ccccc1)c1ccccc1. The van der Waals surface area contributed by atoms with E-state index in [-0.39, 0.29) is 0 Å². The van der Waals surface area contributed by atoms with Gasteiger partial charge in [-0.25, -0.2) is 0 Å². The number of hydrogen-bond donors (Lipinski definition) is 0. The molecule has 156 valence electrons. The van der Waals surface area contributed by atoms with Gasteiger partial charge in [0.15, 0.2) is 8.07 Å². The van der Waals surface area contributed by atoms with Gasteiger partial charge in [0.05, 0.1) is 0 Å². The Hall–Kier alpha value is -3.94. The van der Waals surface area contributed by atoms with E-state index in [4.69, 9.17) is 0 Å². The van der Waals surface area contributed by atoms with Crippen LogP contribution in [-0.4, -0.2) is 8.07 Å². The summed E-state index contributed by atoms with van der Waals surface area (Å²) in [6.45, 7) is 0. The van der Waals surface area contributed by atoms with Gasteiger partial charge >= 0.3 is 0 Å². The van der Waals surface area contributed by atoms with Crippen molar-refractivity contribution in [3.05, 3.63) is 166 Å². The molecule has 4 aromatic rings. The van der Waals surface area contributed by atoms with Crippen molar-refractivity contribution in [3.8, 4) is 0 Å². The standard InChI is InChI=1S/C32H24Si/c1-5-13-25(14-6-1)21-29-23-31(27-17-9-3-10-18-27)33(29)30(22-26-15-7-2-8-16-26)24-32(33)28-19-11-4-12-20-28/h1-24H. The van der Waals surface area contributed by atoms with Crippen LogP contribution in [0.4, 0.5) is 0 Å². The molecule has 0 atom stereocenters. The molecule has 0 nitrogen and oxygen atoms in total. The average molecular weight is 437 g/mol. The molecule has 0 aromatic heterocycles. The van der Waals surface area contributed by atoms with Crippen molar-refractivity contribution < 1.29 is 0 Å². The summed E-state index contributed by atoms with van der Waals surface area (Å²) in [5.41, 5.74) is 5.21. The lowest BCUT2D eigenvalue weighted by molar-refractivity contribution is 1.52. The topological polar surface area (TPSA) is 0 Å². The lowest BCUT2D eigenvalue weighted by Crippen LogP contribution is -2.53. The maximum absolute atomic E-state index is 2.43. The molecule has 33 heavy (non-hydrogen) atoms. The zero-order valence-corrected chi connectivity index (χ0v) is 19.4. The van der Waals surface area contributed by atoms with E-state index < -0.39 is 8.07 Å². The lowest BCUT2D eigenvalue weighted by atomic mass is 10.1. The first kappa shape index (κ1) is 19.7. The first-order valence-electron chi connectivity index (χ1n) is 11.5. The Labute approximate surface area is 196 Å². The van der Waals surface area contributed by atoms with Crippen molar-refractivity contribution in [2.24, 2.45) is 0 Å². The normalized spacial score (nSPS) is 21.3. The lowest BCUT2D eigenvalue weighted by Gasteiger charge is -2.52. The minimum absolute atomic E-state index is 1.26. The van der Waals surface area contributed by atoms with E-state index in [2.05, 4.69) is 146 Å². The molecule has 0 fully saturated rings. The van der Waals surface area contributed by atoms with Crippen molar-refractivity contribution in [1.29, 1.82) is 0 Å². The van der Waals surface area contributed by atoms with Gasteiger partial charge in [0.25, 0.3) is 0 Å². The van der Waals surface area contributed by atoms with Gasteiger partial charge in [0.1, 0.15) is 0 Å². The zero-order chi connectivity index (χ0) is 22.1. The Balaban J connectivity index is 1.59. The van der Waals surface area contributed by atoms with Gasteiger partial charge in [0.2, 0.25) is 0 Å². The second kappa shape index (κ2) is 8.20. The second-order valence-electron chi connectivity index (χ2n) is 8.62. The Morgan fingerprint density at radius 3 is 1.09 bits per heavy atom. The largest absolute Gasteiger partial charge is 0.180 e. The van der Waals surface area contributed by atoms with Crippen molar-refractivity contribution in [3.63, 3.8) is 0 Å². The van der Waals surface area contributed by atoms with Crippen molar-refractivity contribution in [2.45, 2.75) is 0 Å². The van der Waals surface area contributed by atoms with Gasteiger partial charge in [-0.3, -0.25) is 0 Å². The van der Waals surface area contributed by atoms with Crippen LogP contribution in [-0.2, 0) is 0 Å². The Bertz CT molecular complexity index is 1290. The number of rotatable bonds is 4. The molecule has 0 bridgehead atoms. The molecular weight excluding hydrogens is 412 g/mol. The minimum atomic E-state index is -2.21. The number of allylic oxidation sites excluding steroid dienone is 4. The fourth-order valence-electron chi connectivity index (χ4n) is 5.11. The van der Waals surface area contributed by atoms with E-state index in [0.29, 0.717) is 0 Å². The third-order valence-corrected chi connectivity index (χ3v) is 11.5. The van der Waals surface area contributed by atoms with Crippen LogP contribution in [0.2, 0.25) is 0 Å². The summed E-state index contributed by atoms with van der Waals surface area (Å²) >= 11 is 0. The molecule has 1 spiro atoms. The highest BCUT2D eigenvalue weighted by molar-refractivity contribution is 7.26. The van der Waals surface area contributed by atoms with Gasteiger partial charge in [-0.1, -0.05) is 146 Å². The van der Waals surface area contributed by atoms with E-state index >= 15 is 0 Å². The van der Waals surface area contributed by atoms with Crippen LogP contribution in [0.5, 0.6) is 0 Å². The Morgan fingerprint density at radius 2 is 0.727 bits per heavy atom. The van der Waals surface area contributed by atoms with E-state index in [9.17, 15) is 0 Å². The predicted molar refractivity (Wildman–Crippen MR) is 143 cm³/mol. The Kier molecular flexibility index (Phi) is 4.90. The molecule has 0 radical (unpaired) electrons. The quantitative estimate of drug-likeness (QED) is 0.285. The first-order valence-corrected chi connectivity index (χ1v) is 13.5. The highest BCUT2D eigenvalue weighted by Gasteiger charge is 2.57. The summed E-state index contributed by atoms with van der Waals surface area (Å²) in [6, 6.07) is 43.4. The summed E-state index contributed by atoms with van der Waals surface area (Å²) in [4.78, 5) is 0. The van der Waals surface area contributed by atoms with E-state index in [1.165, 1.54) is 43.0 Å². The summed E-state index contributed by atoms with van der Waals surface area (Å²) in [5.74, 6) is 0. The fourth-order valence-corrected chi connectivity index (χ4v) is 9.96. The first-order chi connectivity index (χ1) is 16.4. The summed E-state index contributed by atoms with van der Waals surface area (Å²) in [7, 11) is -2.21. The third kappa shape index (κ3) is 3.29.